The Bertz CT molecular complexity index is 1320. The second kappa shape index (κ2) is 7.59. The predicted molar refractivity (Wildman–Crippen MR) is 120 cm³/mol. The molecule has 3 aromatic carbocycles. The summed E-state index contributed by atoms with van der Waals surface area (Å²) >= 11 is 0. The van der Waals surface area contributed by atoms with E-state index in [2.05, 4.69) is 0 Å². The maximum absolute atomic E-state index is 8.54. The summed E-state index contributed by atoms with van der Waals surface area (Å²) in [5.41, 5.74) is 2.85. The van der Waals surface area contributed by atoms with E-state index >= 15 is 0 Å². The number of hydrogen-bond acceptors (Lipinski definition) is 3. The molecule has 0 unspecified atom stereocenters. The molecule has 4 aromatic rings. The largest absolute Gasteiger partial charge is 0.212 e. The molecule has 0 aliphatic heterocycles. The van der Waals surface area contributed by atoms with E-state index < -0.39 is 0 Å². The van der Waals surface area contributed by atoms with Crippen LogP contribution in [0.3, 0.4) is 0 Å². The number of benzene rings is 3. The van der Waals surface area contributed by atoms with Crippen molar-refractivity contribution in [2.45, 2.75) is 33.1 Å². The lowest BCUT2D eigenvalue weighted by molar-refractivity contribution is 0.543. The lowest BCUT2D eigenvalue weighted by Crippen LogP contribution is -2.18. The first-order valence-electron chi connectivity index (χ1n) is 11.6. The van der Waals surface area contributed by atoms with Gasteiger partial charge in [-0.2, -0.15) is 0 Å². The van der Waals surface area contributed by atoms with Crippen LogP contribution in [-0.4, -0.2) is 15.0 Å². The molecule has 1 heterocycles. The molecule has 3 nitrogen and oxygen atoms in total. The maximum Gasteiger partial charge on any atom is 0.164 e. The molecule has 0 saturated carbocycles. The van der Waals surface area contributed by atoms with Gasteiger partial charge in [-0.15, -0.1) is 0 Å². The highest BCUT2D eigenvalue weighted by molar-refractivity contribution is 5.82. The lowest BCUT2D eigenvalue weighted by Gasteiger charge is -2.19. The van der Waals surface area contributed by atoms with E-state index in [1.165, 1.54) is 0 Å². The zero-order valence-electron chi connectivity index (χ0n) is 21.0. The molecular weight excluding hydrogens is 354 g/mol. The van der Waals surface area contributed by atoms with Gasteiger partial charge in [-0.25, -0.2) is 15.0 Å². The Morgan fingerprint density at radius 1 is 0.690 bits per heavy atom. The molecule has 144 valence electrons. The van der Waals surface area contributed by atoms with E-state index in [1.54, 1.807) is 6.92 Å². The van der Waals surface area contributed by atoms with Crippen LogP contribution < -0.4 is 0 Å². The van der Waals surface area contributed by atoms with Gasteiger partial charge in [0.05, 0.1) is 5.48 Å². The minimum atomic E-state index is -0.317. The van der Waals surface area contributed by atoms with Gasteiger partial charge in [0.25, 0.3) is 0 Å². The average molecular weight is 384 g/mol. The normalized spacial score (nSPS) is 13.4. The van der Waals surface area contributed by atoms with Gasteiger partial charge in [-0.3, -0.25) is 0 Å². The van der Waals surface area contributed by atoms with Crippen LogP contribution in [-0.2, 0) is 5.41 Å². The first-order chi connectivity index (χ1) is 15.6. The van der Waals surface area contributed by atoms with E-state index in [0.717, 1.165) is 5.56 Å². The van der Waals surface area contributed by atoms with Crippen LogP contribution in [0.2, 0.25) is 0 Å². The van der Waals surface area contributed by atoms with Gasteiger partial charge in [0.1, 0.15) is 5.82 Å². The Morgan fingerprint density at radius 3 is 2.03 bits per heavy atom. The molecule has 0 aliphatic rings. The van der Waals surface area contributed by atoms with E-state index in [9.17, 15) is 0 Å². The third-order valence-corrected chi connectivity index (χ3v) is 4.65. The first-order valence-corrected chi connectivity index (χ1v) is 9.58. The number of nitrogens with zero attached hydrogens (tertiary/aromatic N) is 3. The second-order valence-electron chi connectivity index (χ2n) is 7.97. The topological polar surface area (TPSA) is 38.7 Å². The van der Waals surface area contributed by atoms with E-state index in [1.807, 2.05) is 75.4 Å². The molecule has 0 N–H and O–H groups in total. The summed E-state index contributed by atoms with van der Waals surface area (Å²) in [5, 5.41) is 0. The molecule has 0 atom stereocenters. The van der Waals surface area contributed by atoms with Crippen LogP contribution in [0.15, 0.2) is 78.8 Å². The van der Waals surface area contributed by atoms with Gasteiger partial charge in [0, 0.05) is 16.5 Å². The summed E-state index contributed by atoms with van der Waals surface area (Å²) < 4.78 is 33.0. The molecule has 0 amide bonds. The van der Waals surface area contributed by atoms with Crippen LogP contribution in [0.1, 0.15) is 37.6 Å². The van der Waals surface area contributed by atoms with Gasteiger partial charge >= 0.3 is 0 Å². The van der Waals surface area contributed by atoms with Crippen molar-refractivity contribution >= 4 is 0 Å². The molecule has 0 spiro atoms. The van der Waals surface area contributed by atoms with Crippen molar-refractivity contribution < 1.29 is 5.48 Å². The molecule has 0 fully saturated rings. The molecule has 0 bridgehead atoms. The highest BCUT2D eigenvalue weighted by atomic mass is 15.0. The summed E-state index contributed by atoms with van der Waals surface area (Å²) in [7, 11) is 0. The Labute approximate surface area is 178 Å². The summed E-state index contributed by atoms with van der Waals surface area (Å²) in [6.07, 6.45) is 0. The van der Waals surface area contributed by atoms with Gasteiger partial charge in [-0.05, 0) is 23.6 Å². The molecular formula is C26H25N3. The fraction of sp³-hybridized carbons (Fsp3) is 0.192. The van der Waals surface area contributed by atoms with Gasteiger partial charge < -0.3 is 0 Å². The molecule has 0 radical (unpaired) electrons. The zero-order valence-corrected chi connectivity index (χ0v) is 17.0. The molecule has 1 aromatic heterocycles. The highest BCUT2D eigenvalue weighted by Gasteiger charge is 2.22. The highest BCUT2D eigenvalue weighted by Crippen LogP contribution is 2.33. The second-order valence-corrected chi connectivity index (χ2v) is 7.97. The van der Waals surface area contributed by atoms with Crippen molar-refractivity contribution in [3.05, 3.63) is 90.2 Å². The standard InChI is InChI=1S/C26H25N3/c1-18-12-8-9-15-20(18)21-16-10-11-17-22(21)24-27-23(19-13-6-5-7-14-19)28-25(29-24)26(2,3)4/h5-17H,1-4H3/i8D,9D,12D,15D. The quantitative estimate of drug-likeness (QED) is 0.406. The number of hydrogen-bond donors (Lipinski definition) is 0. The van der Waals surface area contributed by atoms with Crippen LogP contribution in [0, 0.1) is 6.92 Å². The fourth-order valence-corrected chi connectivity index (χ4v) is 3.09. The minimum absolute atomic E-state index is 0.0446. The van der Waals surface area contributed by atoms with Crippen molar-refractivity contribution in [3.8, 4) is 33.9 Å². The third kappa shape index (κ3) is 3.95. The van der Waals surface area contributed by atoms with Crippen molar-refractivity contribution in [3.63, 3.8) is 0 Å². The predicted octanol–water partition coefficient (Wildman–Crippen LogP) is 6.48. The number of aromatic nitrogens is 3. The van der Waals surface area contributed by atoms with Crippen molar-refractivity contribution in [1.82, 2.24) is 15.0 Å². The zero-order chi connectivity index (χ0) is 23.9. The fourth-order valence-electron chi connectivity index (χ4n) is 3.09. The Balaban J connectivity index is 2.02. The van der Waals surface area contributed by atoms with Gasteiger partial charge in [0.2, 0.25) is 0 Å². The molecule has 0 saturated heterocycles. The smallest absolute Gasteiger partial charge is 0.164 e. The van der Waals surface area contributed by atoms with E-state index in [4.69, 9.17) is 20.4 Å². The Hall–Kier alpha value is -3.33. The summed E-state index contributed by atoms with van der Waals surface area (Å²) in [6.45, 7) is 7.85. The Kier molecular flexibility index (Phi) is 3.83. The van der Waals surface area contributed by atoms with Crippen LogP contribution in [0.25, 0.3) is 33.9 Å². The van der Waals surface area contributed by atoms with Crippen molar-refractivity contribution in [1.29, 1.82) is 0 Å². The lowest BCUT2D eigenvalue weighted by atomic mass is 9.94. The van der Waals surface area contributed by atoms with Gasteiger partial charge in [-0.1, -0.05) is 99.5 Å². The van der Waals surface area contributed by atoms with Crippen LogP contribution >= 0.6 is 0 Å². The van der Waals surface area contributed by atoms with Gasteiger partial charge in [0.15, 0.2) is 11.6 Å². The minimum Gasteiger partial charge on any atom is -0.212 e. The SMILES string of the molecule is [2H]c1c([2H])c([2H])c(-c2ccccc2-c2nc(-c3ccccc3)nc(C(C)(C)C)n2)c(C)c1[2H]. The third-order valence-electron chi connectivity index (χ3n) is 4.65. The summed E-state index contributed by atoms with van der Waals surface area (Å²) in [6, 6.07) is 16.6. The molecule has 3 heteroatoms. The molecule has 0 aliphatic carbocycles. The maximum atomic E-state index is 8.54. The molecule has 4 rings (SSSR count). The molecule has 29 heavy (non-hydrogen) atoms. The van der Waals surface area contributed by atoms with E-state index in [0.29, 0.717) is 39.7 Å². The first kappa shape index (κ1) is 14.6. The van der Waals surface area contributed by atoms with E-state index in [-0.39, 0.29) is 29.6 Å². The van der Waals surface area contributed by atoms with Crippen molar-refractivity contribution in [2.75, 3.05) is 0 Å². The Morgan fingerprint density at radius 2 is 1.31 bits per heavy atom. The monoisotopic (exact) mass is 383 g/mol. The summed E-state index contributed by atoms with van der Waals surface area (Å²) in [5.74, 6) is 1.68. The average Bonchev–Trinajstić information content (AvgIpc) is 2.81. The van der Waals surface area contributed by atoms with Crippen LogP contribution in [0.4, 0.5) is 0 Å². The summed E-state index contributed by atoms with van der Waals surface area (Å²) in [4.78, 5) is 14.3. The van der Waals surface area contributed by atoms with Crippen molar-refractivity contribution in [2.24, 2.45) is 0 Å². The number of rotatable bonds is 3. The van der Waals surface area contributed by atoms with Crippen LogP contribution in [0.5, 0.6) is 0 Å².